The molecule has 2 aliphatic rings. The minimum atomic E-state index is 0.190. The fraction of sp³-hybridized carbons (Fsp3) is 0.400. The van der Waals surface area contributed by atoms with Crippen molar-refractivity contribution in [1.82, 2.24) is 0 Å². The molecule has 2 nitrogen and oxygen atoms in total. The summed E-state index contributed by atoms with van der Waals surface area (Å²) in [5.41, 5.74) is 0. The Bertz CT molecular complexity index is 164. The first-order valence-electron chi connectivity index (χ1n) is 2.32. The van der Waals surface area contributed by atoms with Crippen LogP contribution < -0.4 is 0 Å². The number of Topliss-reactive ketones (excluding diaryl/α,β-unsaturated/α-hetero) is 1. The van der Waals surface area contributed by atoms with Crippen molar-refractivity contribution in [2.24, 2.45) is 0 Å². The van der Waals surface area contributed by atoms with Gasteiger partial charge < -0.3 is 4.74 Å². The van der Waals surface area contributed by atoms with Crippen LogP contribution >= 0.6 is 0 Å². The van der Waals surface area contributed by atoms with Crippen molar-refractivity contribution in [3.8, 4) is 0 Å². The zero-order valence-electron chi connectivity index (χ0n) is 3.73. The fourth-order valence-electron chi connectivity index (χ4n) is 0.815. The number of allylic oxidation sites excluding steroid dienone is 2. The zero-order chi connectivity index (χ0) is 4.85. The van der Waals surface area contributed by atoms with Crippen LogP contribution in [-0.2, 0) is 9.53 Å². The lowest BCUT2D eigenvalue weighted by molar-refractivity contribution is -0.116. The van der Waals surface area contributed by atoms with E-state index in [1.165, 1.54) is 0 Å². The third kappa shape index (κ3) is 0.266. The number of hydrogen-bond acceptors (Lipinski definition) is 2. The average Bonchev–Trinajstić information content (AvgIpc) is 2.33. The van der Waals surface area contributed by atoms with Crippen molar-refractivity contribution in [1.29, 1.82) is 0 Å². The number of hydrogen-bond donors (Lipinski definition) is 0. The number of rotatable bonds is 0. The second-order valence-electron chi connectivity index (χ2n) is 1.78. The Morgan fingerprint density at radius 2 is 2.29 bits per heavy atom. The molecule has 1 heterocycles. The molecular formula is C5H4O2. The first-order valence-corrected chi connectivity index (χ1v) is 2.32. The van der Waals surface area contributed by atoms with E-state index in [0.717, 1.165) is 12.2 Å². The van der Waals surface area contributed by atoms with Gasteiger partial charge in [0, 0.05) is 12.8 Å². The molecule has 0 saturated carbocycles. The highest BCUT2D eigenvalue weighted by molar-refractivity contribution is 5.99. The van der Waals surface area contributed by atoms with E-state index in [0.29, 0.717) is 12.2 Å². The lowest BCUT2D eigenvalue weighted by atomic mass is 10.3. The maximum atomic E-state index is 10.4. The smallest absolute Gasteiger partial charge is 0.208 e. The Labute approximate surface area is 40.8 Å². The maximum absolute atomic E-state index is 10.4. The molecule has 0 radical (unpaired) electrons. The molecule has 36 valence electrons. The van der Waals surface area contributed by atoms with Gasteiger partial charge in [-0.15, -0.1) is 0 Å². The minimum absolute atomic E-state index is 0.190. The van der Waals surface area contributed by atoms with Gasteiger partial charge in [-0.3, -0.25) is 4.79 Å². The Hall–Kier alpha value is -0.790. The summed E-state index contributed by atoms with van der Waals surface area (Å²) in [4.78, 5) is 10.4. The number of carbonyl (C=O) groups excluding carboxylic acids is 1. The van der Waals surface area contributed by atoms with Crippen LogP contribution in [0.5, 0.6) is 0 Å². The molecule has 0 atom stereocenters. The molecule has 0 aromatic heterocycles. The topological polar surface area (TPSA) is 29.6 Å². The van der Waals surface area contributed by atoms with Crippen molar-refractivity contribution in [2.75, 3.05) is 0 Å². The SMILES string of the molecule is O=C1CCC2=C1O2. The molecule has 1 aliphatic heterocycles. The number of carbonyl (C=O) groups is 1. The van der Waals surface area contributed by atoms with Gasteiger partial charge in [-0.2, -0.15) is 0 Å². The van der Waals surface area contributed by atoms with Gasteiger partial charge in [-0.1, -0.05) is 0 Å². The summed E-state index contributed by atoms with van der Waals surface area (Å²) in [5, 5.41) is 0. The van der Waals surface area contributed by atoms with Crippen LogP contribution in [0.4, 0.5) is 0 Å². The molecule has 7 heavy (non-hydrogen) atoms. The van der Waals surface area contributed by atoms with Crippen LogP contribution in [0.3, 0.4) is 0 Å². The molecular weight excluding hydrogens is 92.1 g/mol. The van der Waals surface area contributed by atoms with Crippen molar-refractivity contribution < 1.29 is 9.53 Å². The molecule has 0 unspecified atom stereocenters. The summed E-state index contributed by atoms with van der Waals surface area (Å²) in [6.45, 7) is 0. The first kappa shape index (κ1) is 3.24. The van der Waals surface area contributed by atoms with Gasteiger partial charge in [0.25, 0.3) is 0 Å². The summed E-state index contributed by atoms with van der Waals surface area (Å²) in [7, 11) is 0. The lowest BCUT2D eigenvalue weighted by Gasteiger charge is -1.86. The van der Waals surface area contributed by atoms with Crippen LogP contribution in [0.15, 0.2) is 11.5 Å². The molecule has 0 aromatic rings. The van der Waals surface area contributed by atoms with Gasteiger partial charge in [0.2, 0.25) is 11.5 Å². The van der Waals surface area contributed by atoms with Crippen molar-refractivity contribution in [3.05, 3.63) is 11.5 Å². The normalized spacial score (nSPS) is 24.9. The van der Waals surface area contributed by atoms with Crippen LogP contribution in [0, 0.1) is 0 Å². The van der Waals surface area contributed by atoms with E-state index in [-0.39, 0.29) is 5.78 Å². The largest absolute Gasteiger partial charge is 0.450 e. The molecule has 0 N–H and O–H groups in total. The predicted molar refractivity (Wildman–Crippen MR) is 22.4 cm³/mol. The standard InChI is InChI=1S/C5H4O2/c6-3-1-2-4-5(3)7-4/h1-2H2. The molecule has 0 fully saturated rings. The molecule has 1 aliphatic carbocycles. The van der Waals surface area contributed by atoms with E-state index in [2.05, 4.69) is 0 Å². The van der Waals surface area contributed by atoms with E-state index >= 15 is 0 Å². The van der Waals surface area contributed by atoms with Gasteiger partial charge in [-0.25, -0.2) is 0 Å². The molecule has 0 amide bonds. The van der Waals surface area contributed by atoms with Crippen molar-refractivity contribution >= 4 is 5.78 Å². The van der Waals surface area contributed by atoms with Crippen LogP contribution in [-0.4, -0.2) is 5.78 Å². The van der Waals surface area contributed by atoms with Crippen LogP contribution in [0.2, 0.25) is 0 Å². The highest BCUT2D eigenvalue weighted by atomic mass is 16.6. The minimum Gasteiger partial charge on any atom is -0.450 e. The quantitative estimate of drug-likeness (QED) is 0.441. The third-order valence-corrected chi connectivity index (χ3v) is 1.27. The zero-order valence-corrected chi connectivity index (χ0v) is 3.73. The molecule has 0 aromatic carbocycles. The van der Waals surface area contributed by atoms with Crippen molar-refractivity contribution in [3.63, 3.8) is 0 Å². The second-order valence-corrected chi connectivity index (χ2v) is 1.78. The molecule has 0 saturated heterocycles. The Balaban J connectivity index is 2.39. The summed E-state index contributed by atoms with van der Waals surface area (Å²) in [6.07, 6.45) is 1.54. The summed E-state index contributed by atoms with van der Waals surface area (Å²) >= 11 is 0. The number of ether oxygens (including phenoxy) is 1. The molecule has 2 heteroatoms. The van der Waals surface area contributed by atoms with E-state index in [1.54, 1.807) is 0 Å². The highest BCUT2D eigenvalue weighted by Crippen LogP contribution is 2.38. The predicted octanol–water partition coefficient (Wildman–Crippen LogP) is 0.591. The number of ketones is 1. The maximum Gasteiger partial charge on any atom is 0.208 e. The van der Waals surface area contributed by atoms with E-state index < -0.39 is 0 Å². The van der Waals surface area contributed by atoms with Crippen molar-refractivity contribution in [2.45, 2.75) is 12.8 Å². The van der Waals surface area contributed by atoms with E-state index in [1.807, 2.05) is 0 Å². The summed E-state index contributed by atoms with van der Waals surface area (Å²) < 4.78 is 4.75. The van der Waals surface area contributed by atoms with Crippen LogP contribution in [0.1, 0.15) is 12.8 Å². The monoisotopic (exact) mass is 96.0 g/mol. The van der Waals surface area contributed by atoms with E-state index in [9.17, 15) is 4.79 Å². The van der Waals surface area contributed by atoms with Crippen LogP contribution in [0.25, 0.3) is 0 Å². The van der Waals surface area contributed by atoms with Gasteiger partial charge >= 0.3 is 0 Å². The Morgan fingerprint density at radius 1 is 1.43 bits per heavy atom. The second kappa shape index (κ2) is 0.735. The summed E-state index contributed by atoms with van der Waals surface area (Å²) in [5.74, 6) is 1.78. The Kier molecular flexibility index (Phi) is 0.340. The molecule has 0 bridgehead atoms. The third-order valence-electron chi connectivity index (χ3n) is 1.27. The van der Waals surface area contributed by atoms with E-state index in [4.69, 9.17) is 4.74 Å². The van der Waals surface area contributed by atoms with Gasteiger partial charge in [0.05, 0.1) is 0 Å². The summed E-state index contributed by atoms with van der Waals surface area (Å²) in [6, 6.07) is 0. The first-order chi connectivity index (χ1) is 3.38. The lowest BCUT2D eigenvalue weighted by Crippen LogP contribution is -1.91. The van der Waals surface area contributed by atoms with Gasteiger partial charge in [0.15, 0.2) is 5.76 Å². The fourth-order valence-corrected chi connectivity index (χ4v) is 0.815. The molecule has 2 rings (SSSR count). The van der Waals surface area contributed by atoms with Gasteiger partial charge in [0.1, 0.15) is 0 Å². The highest BCUT2D eigenvalue weighted by Gasteiger charge is 2.37. The van der Waals surface area contributed by atoms with Gasteiger partial charge in [-0.05, 0) is 0 Å². The Morgan fingerprint density at radius 3 is 2.43 bits per heavy atom. The molecule has 0 spiro atoms. The average molecular weight is 96.1 g/mol.